The molecule has 1 aromatic rings. The number of benzene rings is 1. The van der Waals surface area contributed by atoms with Crippen LogP contribution in [-0.4, -0.2) is 14.2 Å². The summed E-state index contributed by atoms with van der Waals surface area (Å²) in [5, 5.41) is 0. The highest BCUT2D eigenvalue weighted by Crippen LogP contribution is 2.40. The monoisotopic (exact) mass is 277 g/mol. The van der Waals surface area contributed by atoms with Gasteiger partial charge < -0.3 is 15.2 Å². The topological polar surface area (TPSA) is 44.5 Å². The minimum Gasteiger partial charge on any atom is -0.497 e. The zero-order valence-electron chi connectivity index (χ0n) is 13.1. The van der Waals surface area contributed by atoms with Crippen LogP contribution in [0.3, 0.4) is 0 Å². The Morgan fingerprint density at radius 3 is 1.90 bits per heavy atom. The Morgan fingerprint density at radius 1 is 0.950 bits per heavy atom. The molecule has 0 aromatic heterocycles. The minimum atomic E-state index is 0.0594. The summed E-state index contributed by atoms with van der Waals surface area (Å²) in [5.41, 5.74) is 7.65. The summed E-state index contributed by atoms with van der Waals surface area (Å²) in [7, 11) is 3.35. The van der Waals surface area contributed by atoms with Crippen molar-refractivity contribution in [2.24, 2.45) is 23.5 Å². The Bertz CT molecular complexity index is 414. The van der Waals surface area contributed by atoms with Crippen LogP contribution in [-0.2, 0) is 0 Å². The Morgan fingerprint density at radius 2 is 1.45 bits per heavy atom. The zero-order chi connectivity index (χ0) is 14.7. The molecule has 1 saturated carbocycles. The third-order valence-electron chi connectivity index (χ3n) is 4.48. The highest BCUT2D eigenvalue weighted by atomic mass is 16.5. The lowest BCUT2D eigenvalue weighted by molar-refractivity contribution is 0.193. The lowest BCUT2D eigenvalue weighted by Crippen LogP contribution is -2.29. The van der Waals surface area contributed by atoms with E-state index in [2.05, 4.69) is 13.8 Å². The molecule has 0 bridgehead atoms. The fourth-order valence-corrected chi connectivity index (χ4v) is 3.60. The van der Waals surface area contributed by atoms with Crippen LogP contribution in [0.5, 0.6) is 11.5 Å². The molecular weight excluding hydrogens is 250 g/mol. The van der Waals surface area contributed by atoms with E-state index in [1.165, 1.54) is 19.3 Å². The molecule has 3 atom stereocenters. The maximum atomic E-state index is 6.53. The fourth-order valence-electron chi connectivity index (χ4n) is 3.60. The molecular formula is C17H27NO2. The van der Waals surface area contributed by atoms with Gasteiger partial charge in [0.15, 0.2) is 0 Å². The first-order valence-electron chi connectivity index (χ1n) is 7.52. The van der Waals surface area contributed by atoms with Crippen LogP contribution in [0, 0.1) is 17.8 Å². The van der Waals surface area contributed by atoms with Gasteiger partial charge in [-0.25, -0.2) is 0 Å². The SMILES string of the molecule is COc1cc(OC)cc(C(N)C2CC(C)CC(C)C2)c1. The van der Waals surface area contributed by atoms with Crippen molar-refractivity contribution in [1.82, 2.24) is 0 Å². The Kier molecular flexibility index (Phi) is 4.92. The first-order chi connectivity index (χ1) is 9.53. The number of hydrogen-bond donors (Lipinski definition) is 1. The van der Waals surface area contributed by atoms with E-state index < -0.39 is 0 Å². The first kappa shape index (κ1) is 15.2. The molecule has 1 aliphatic rings. The quantitative estimate of drug-likeness (QED) is 0.911. The number of ether oxygens (including phenoxy) is 2. The van der Waals surface area contributed by atoms with Gasteiger partial charge in [-0.15, -0.1) is 0 Å². The van der Waals surface area contributed by atoms with Gasteiger partial charge in [0.05, 0.1) is 14.2 Å². The van der Waals surface area contributed by atoms with Gasteiger partial charge in [-0.05, 0) is 54.7 Å². The largest absolute Gasteiger partial charge is 0.497 e. The minimum absolute atomic E-state index is 0.0594. The summed E-state index contributed by atoms with van der Waals surface area (Å²) in [5.74, 6) is 3.70. The van der Waals surface area contributed by atoms with Gasteiger partial charge in [-0.3, -0.25) is 0 Å². The molecule has 3 nitrogen and oxygen atoms in total. The van der Waals surface area contributed by atoms with Gasteiger partial charge in [-0.2, -0.15) is 0 Å². The summed E-state index contributed by atoms with van der Waals surface area (Å²) in [6.07, 6.45) is 3.75. The molecule has 0 amide bonds. The van der Waals surface area contributed by atoms with Crippen LogP contribution >= 0.6 is 0 Å². The number of methoxy groups -OCH3 is 2. The van der Waals surface area contributed by atoms with Crippen LogP contribution in [0.15, 0.2) is 18.2 Å². The third kappa shape index (κ3) is 3.45. The van der Waals surface area contributed by atoms with Crippen LogP contribution in [0.25, 0.3) is 0 Å². The Balaban J connectivity index is 2.21. The number of nitrogens with two attached hydrogens (primary N) is 1. The maximum Gasteiger partial charge on any atom is 0.122 e. The molecule has 2 rings (SSSR count). The molecule has 3 heteroatoms. The van der Waals surface area contributed by atoms with Gasteiger partial charge in [-0.1, -0.05) is 13.8 Å². The van der Waals surface area contributed by atoms with E-state index in [9.17, 15) is 0 Å². The van der Waals surface area contributed by atoms with Crippen molar-refractivity contribution in [3.63, 3.8) is 0 Å². The van der Waals surface area contributed by atoms with E-state index >= 15 is 0 Å². The molecule has 1 aromatic carbocycles. The van der Waals surface area contributed by atoms with Crippen LogP contribution in [0.1, 0.15) is 44.7 Å². The molecule has 1 aliphatic carbocycles. The lowest BCUT2D eigenvalue weighted by atomic mass is 9.72. The fraction of sp³-hybridized carbons (Fsp3) is 0.647. The summed E-state index contributed by atoms with van der Waals surface area (Å²) < 4.78 is 10.7. The van der Waals surface area contributed by atoms with Crippen LogP contribution in [0.2, 0.25) is 0 Å². The maximum absolute atomic E-state index is 6.53. The van der Waals surface area contributed by atoms with Crippen molar-refractivity contribution in [3.8, 4) is 11.5 Å². The lowest BCUT2D eigenvalue weighted by Gasteiger charge is -2.35. The van der Waals surface area contributed by atoms with Crippen LogP contribution < -0.4 is 15.2 Å². The highest BCUT2D eigenvalue weighted by Gasteiger charge is 2.29. The predicted octanol–water partition coefficient (Wildman–Crippen LogP) is 3.78. The van der Waals surface area contributed by atoms with E-state index in [0.717, 1.165) is 28.9 Å². The molecule has 0 saturated heterocycles. The van der Waals surface area contributed by atoms with Crippen molar-refractivity contribution in [2.45, 2.75) is 39.2 Å². The molecule has 0 spiro atoms. The van der Waals surface area contributed by atoms with Gasteiger partial charge in [0.2, 0.25) is 0 Å². The second-order valence-corrected chi connectivity index (χ2v) is 6.35. The van der Waals surface area contributed by atoms with E-state index in [1.807, 2.05) is 18.2 Å². The molecule has 20 heavy (non-hydrogen) atoms. The zero-order valence-corrected chi connectivity index (χ0v) is 13.1. The molecule has 1 fully saturated rings. The van der Waals surface area contributed by atoms with E-state index in [0.29, 0.717) is 5.92 Å². The molecule has 3 unspecified atom stereocenters. The highest BCUT2D eigenvalue weighted by molar-refractivity contribution is 5.40. The second kappa shape index (κ2) is 6.49. The average Bonchev–Trinajstić information content (AvgIpc) is 2.44. The average molecular weight is 277 g/mol. The van der Waals surface area contributed by atoms with Crippen LogP contribution in [0.4, 0.5) is 0 Å². The smallest absolute Gasteiger partial charge is 0.122 e. The molecule has 0 aliphatic heterocycles. The Hall–Kier alpha value is -1.22. The summed E-state index contributed by atoms with van der Waals surface area (Å²) in [4.78, 5) is 0. The van der Waals surface area contributed by atoms with Gasteiger partial charge in [0.1, 0.15) is 11.5 Å². The number of rotatable bonds is 4. The molecule has 0 heterocycles. The van der Waals surface area contributed by atoms with Crippen molar-refractivity contribution in [3.05, 3.63) is 23.8 Å². The van der Waals surface area contributed by atoms with E-state index in [-0.39, 0.29) is 6.04 Å². The van der Waals surface area contributed by atoms with Crippen molar-refractivity contribution in [2.75, 3.05) is 14.2 Å². The molecule has 112 valence electrons. The predicted molar refractivity (Wildman–Crippen MR) is 82.1 cm³/mol. The summed E-state index contributed by atoms with van der Waals surface area (Å²) in [6.45, 7) is 4.67. The van der Waals surface area contributed by atoms with Gasteiger partial charge in [0, 0.05) is 12.1 Å². The normalized spacial score (nSPS) is 27.9. The van der Waals surface area contributed by atoms with Crippen molar-refractivity contribution < 1.29 is 9.47 Å². The van der Waals surface area contributed by atoms with Gasteiger partial charge >= 0.3 is 0 Å². The third-order valence-corrected chi connectivity index (χ3v) is 4.48. The standard InChI is InChI=1S/C17H27NO2/c1-11-5-12(2)7-13(6-11)17(18)14-8-15(19-3)10-16(9-14)20-4/h8-13,17H,5-7,18H2,1-4H3. The number of hydrogen-bond acceptors (Lipinski definition) is 3. The summed E-state index contributed by atoms with van der Waals surface area (Å²) >= 11 is 0. The van der Waals surface area contributed by atoms with Crippen molar-refractivity contribution in [1.29, 1.82) is 0 Å². The van der Waals surface area contributed by atoms with E-state index in [4.69, 9.17) is 15.2 Å². The van der Waals surface area contributed by atoms with E-state index in [1.54, 1.807) is 14.2 Å². The molecule has 0 radical (unpaired) electrons. The summed E-state index contributed by atoms with van der Waals surface area (Å²) in [6, 6.07) is 6.03. The van der Waals surface area contributed by atoms with Crippen molar-refractivity contribution >= 4 is 0 Å². The van der Waals surface area contributed by atoms with Gasteiger partial charge in [0.25, 0.3) is 0 Å². The molecule has 2 N–H and O–H groups in total. The second-order valence-electron chi connectivity index (χ2n) is 6.35. The first-order valence-corrected chi connectivity index (χ1v) is 7.52. The Labute approximate surface area is 122 Å².